The van der Waals surface area contributed by atoms with Crippen molar-refractivity contribution in [1.82, 2.24) is 5.32 Å². The van der Waals surface area contributed by atoms with Gasteiger partial charge in [-0.05, 0) is 45.0 Å². The highest BCUT2D eigenvalue weighted by Gasteiger charge is 2.35. The molecular formula is C23H27N3O4. The van der Waals surface area contributed by atoms with Crippen molar-refractivity contribution in [2.45, 2.75) is 32.7 Å². The Morgan fingerprint density at radius 3 is 2.53 bits per heavy atom. The first kappa shape index (κ1) is 21.4. The van der Waals surface area contributed by atoms with E-state index < -0.39 is 11.5 Å². The van der Waals surface area contributed by atoms with Gasteiger partial charge in [0.05, 0.1) is 24.3 Å². The van der Waals surface area contributed by atoms with Crippen molar-refractivity contribution in [1.29, 1.82) is 0 Å². The van der Waals surface area contributed by atoms with Gasteiger partial charge in [0, 0.05) is 30.3 Å². The van der Waals surface area contributed by atoms with Crippen LogP contribution in [-0.4, -0.2) is 36.9 Å². The van der Waals surface area contributed by atoms with Gasteiger partial charge in [0.1, 0.15) is 5.75 Å². The molecule has 2 N–H and O–H groups in total. The van der Waals surface area contributed by atoms with Gasteiger partial charge in [0.2, 0.25) is 11.8 Å². The van der Waals surface area contributed by atoms with E-state index in [1.807, 2.05) is 26.8 Å². The highest BCUT2D eigenvalue weighted by molar-refractivity contribution is 6.07. The van der Waals surface area contributed by atoms with Gasteiger partial charge in [-0.25, -0.2) is 0 Å². The number of nitrogens with zero attached hydrogens (tertiary/aromatic N) is 1. The van der Waals surface area contributed by atoms with Crippen LogP contribution in [0.3, 0.4) is 0 Å². The number of hydrogen-bond donors (Lipinski definition) is 2. The Morgan fingerprint density at radius 1 is 1.10 bits per heavy atom. The first-order valence-electron chi connectivity index (χ1n) is 9.85. The third kappa shape index (κ3) is 4.97. The number of rotatable bonds is 5. The fraction of sp³-hybridized carbons (Fsp3) is 0.348. The molecule has 1 atom stereocenters. The van der Waals surface area contributed by atoms with E-state index in [2.05, 4.69) is 10.6 Å². The lowest BCUT2D eigenvalue weighted by Gasteiger charge is -2.22. The quantitative estimate of drug-likeness (QED) is 0.794. The molecule has 2 aromatic rings. The molecule has 7 heteroatoms. The minimum atomic E-state index is -0.512. The summed E-state index contributed by atoms with van der Waals surface area (Å²) in [7, 11) is 1.56. The molecule has 1 aliphatic heterocycles. The van der Waals surface area contributed by atoms with Gasteiger partial charge in [-0.2, -0.15) is 0 Å². The standard InChI is InChI=1S/C23H27N3O4/c1-23(2,3)25-22(29)18-10-5-6-11-19(18)24-21(28)15-12-20(27)26(14-15)16-8-7-9-17(13-16)30-4/h5-11,13,15H,12,14H2,1-4H3,(H,24,28)(H,25,29)/t15-/m0/s1. The molecule has 0 saturated carbocycles. The summed E-state index contributed by atoms with van der Waals surface area (Å²) in [5, 5.41) is 5.73. The summed E-state index contributed by atoms with van der Waals surface area (Å²) in [4.78, 5) is 39.6. The largest absolute Gasteiger partial charge is 0.497 e. The van der Waals surface area contributed by atoms with Crippen LogP contribution in [0.5, 0.6) is 5.75 Å². The molecule has 7 nitrogen and oxygen atoms in total. The van der Waals surface area contributed by atoms with Gasteiger partial charge < -0.3 is 20.3 Å². The maximum absolute atomic E-state index is 12.9. The van der Waals surface area contributed by atoms with Gasteiger partial charge in [0.25, 0.3) is 5.91 Å². The Morgan fingerprint density at radius 2 is 1.83 bits per heavy atom. The van der Waals surface area contributed by atoms with Crippen LogP contribution in [-0.2, 0) is 9.59 Å². The predicted octanol–water partition coefficient (Wildman–Crippen LogP) is 3.22. The van der Waals surface area contributed by atoms with Crippen molar-refractivity contribution in [3.05, 3.63) is 54.1 Å². The van der Waals surface area contributed by atoms with Crippen molar-refractivity contribution in [3.8, 4) is 5.75 Å². The molecule has 0 unspecified atom stereocenters. The summed E-state index contributed by atoms with van der Waals surface area (Å²) in [6, 6.07) is 14.0. The fourth-order valence-electron chi connectivity index (χ4n) is 3.34. The van der Waals surface area contributed by atoms with Crippen molar-refractivity contribution < 1.29 is 19.1 Å². The number of benzene rings is 2. The van der Waals surface area contributed by atoms with Gasteiger partial charge in [-0.15, -0.1) is 0 Å². The van der Waals surface area contributed by atoms with Gasteiger partial charge in [-0.1, -0.05) is 18.2 Å². The molecule has 3 rings (SSSR count). The Labute approximate surface area is 176 Å². The molecule has 0 radical (unpaired) electrons. The van der Waals surface area contributed by atoms with Crippen molar-refractivity contribution in [3.63, 3.8) is 0 Å². The number of carbonyl (C=O) groups excluding carboxylic acids is 3. The van der Waals surface area contributed by atoms with Crippen molar-refractivity contribution in [2.24, 2.45) is 5.92 Å². The van der Waals surface area contributed by atoms with E-state index >= 15 is 0 Å². The fourth-order valence-corrected chi connectivity index (χ4v) is 3.34. The third-order valence-corrected chi connectivity index (χ3v) is 4.78. The number of carbonyl (C=O) groups is 3. The molecule has 158 valence electrons. The summed E-state index contributed by atoms with van der Waals surface area (Å²) in [5.74, 6) is -0.541. The maximum Gasteiger partial charge on any atom is 0.253 e. The van der Waals surface area contributed by atoms with E-state index in [4.69, 9.17) is 4.74 Å². The number of methoxy groups -OCH3 is 1. The molecular weight excluding hydrogens is 382 g/mol. The smallest absolute Gasteiger partial charge is 0.253 e. The Hall–Kier alpha value is -3.35. The Kier molecular flexibility index (Phi) is 6.10. The minimum Gasteiger partial charge on any atom is -0.497 e. The van der Waals surface area contributed by atoms with Crippen LogP contribution in [0.25, 0.3) is 0 Å². The topological polar surface area (TPSA) is 87.7 Å². The normalized spacial score (nSPS) is 16.3. The highest BCUT2D eigenvalue weighted by atomic mass is 16.5. The van der Waals surface area contributed by atoms with Gasteiger partial charge >= 0.3 is 0 Å². The van der Waals surface area contributed by atoms with Crippen molar-refractivity contribution >= 4 is 29.1 Å². The molecule has 3 amide bonds. The Balaban J connectivity index is 1.73. The zero-order valence-electron chi connectivity index (χ0n) is 17.7. The lowest BCUT2D eigenvalue weighted by atomic mass is 10.1. The number of hydrogen-bond acceptors (Lipinski definition) is 4. The molecule has 0 bridgehead atoms. The minimum absolute atomic E-state index is 0.111. The molecule has 0 aliphatic carbocycles. The molecule has 1 saturated heterocycles. The summed E-state index contributed by atoms with van der Waals surface area (Å²) in [6.45, 7) is 5.95. The zero-order chi connectivity index (χ0) is 21.9. The number of amides is 3. The zero-order valence-corrected chi connectivity index (χ0v) is 17.7. The second-order valence-electron chi connectivity index (χ2n) is 8.35. The second kappa shape index (κ2) is 8.57. The average molecular weight is 409 g/mol. The highest BCUT2D eigenvalue weighted by Crippen LogP contribution is 2.29. The summed E-state index contributed by atoms with van der Waals surface area (Å²) >= 11 is 0. The number of nitrogens with one attached hydrogen (secondary N) is 2. The third-order valence-electron chi connectivity index (χ3n) is 4.78. The first-order valence-corrected chi connectivity index (χ1v) is 9.85. The SMILES string of the molecule is COc1cccc(N2C[C@@H](C(=O)Nc3ccccc3C(=O)NC(C)(C)C)CC2=O)c1. The predicted molar refractivity (Wildman–Crippen MR) is 116 cm³/mol. The van der Waals surface area contributed by atoms with Crippen LogP contribution < -0.4 is 20.3 Å². The molecule has 0 spiro atoms. The van der Waals surface area contributed by atoms with Gasteiger partial charge in [-0.3, -0.25) is 14.4 Å². The van der Waals surface area contributed by atoms with E-state index in [-0.39, 0.29) is 30.7 Å². The summed E-state index contributed by atoms with van der Waals surface area (Å²) < 4.78 is 5.22. The molecule has 30 heavy (non-hydrogen) atoms. The van der Waals surface area contributed by atoms with E-state index in [9.17, 15) is 14.4 Å². The van der Waals surface area contributed by atoms with Gasteiger partial charge in [0.15, 0.2) is 0 Å². The molecule has 0 aromatic heterocycles. The summed E-state index contributed by atoms with van der Waals surface area (Å²) in [6.07, 6.45) is 0.111. The van der Waals surface area contributed by atoms with E-state index in [1.165, 1.54) is 0 Å². The number of anilines is 2. The van der Waals surface area contributed by atoms with Crippen LogP contribution in [0.2, 0.25) is 0 Å². The van der Waals surface area contributed by atoms with Crippen LogP contribution in [0, 0.1) is 5.92 Å². The Bertz CT molecular complexity index is 965. The first-order chi connectivity index (χ1) is 14.2. The van der Waals surface area contributed by atoms with E-state index in [0.717, 1.165) is 0 Å². The van der Waals surface area contributed by atoms with E-state index in [0.29, 0.717) is 22.7 Å². The molecule has 1 aliphatic rings. The lowest BCUT2D eigenvalue weighted by molar-refractivity contribution is -0.122. The molecule has 2 aromatic carbocycles. The van der Waals surface area contributed by atoms with Crippen LogP contribution in [0.15, 0.2) is 48.5 Å². The molecule has 1 fully saturated rings. The van der Waals surface area contributed by atoms with Crippen LogP contribution in [0.1, 0.15) is 37.6 Å². The van der Waals surface area contributed by atoms with Crippen molar-refractivity contribution in [2.75, 3.05) is 23.9 Å². The second-order valence-corrected chi connectivity index (χ2v) is 8.35. The monoisotopic (exact) mass is 409 g/mol. The summed E-state index contributed by atoms with van der Waals surface area (Å²) in [5.41, 5.74) is 1.11. The average Bonchev–Trinajstić information content (AvgIpc) is 3.09. The lowest BCUT2D eigenvalue weighted by Crippen LogP contribution is -2.41. The van der Waals surface area contributed by atoms with Crippen LogP contribution in [0.4, 0.5) is 11.4 Å². The van der Waals surface area contributed by atoms with Crippen LogP contribution >= 0.6 is 0 Å². The number of ether oxygens (including phenoxy) is 1. The maximum atomic E-state index is 12.9. The molecule has 1 heterocycles. The van der Waals surface area contributed by atoms with E-state index in [1.54, 1.807) is 54.5 Å². The number of para-hydroxylation sites is 1.